The fraction of sp³-hybridized carbons (Fsp3) is 0.636. The van der Waals surface area contributed by atoms with Crippen LogP contribution >= 0.6 is 15.9 Å². The summed E-state index contributed by atoms with van der Waals surface area (Å²) >= 11 is 3.42. The van der Waals surface area contributed by atoms with Gasteiger partial charge >= 0.3 is 0 Å². The minimum absolute atomic E-state index is 0.412. The molecule has 1 saturated carbocycles. The third-order valence-corrected chi connectivity index (χ3v) is 3.61. The highest BCUT2D eigenvalue weighted by atomic mass is 79.9. The van der Waals surface area contributed by atoms with Crippen LogP contribution in [-0.4, -0.2) is 40.5 Å². The first-order valence-corrected chi connectivity index (χ1v) is 7.01. The van der Waals surface area contributed by atoms with Crippen LogP contribution in [0.15, 0.2) is 10.7 Å². The number of nitrogens with two attached hydrogens (primary N) is 1. The molecule has 4 N–H and O–H groups in total. The van der Waals surface area contributed by atoms with Gasteiger partial charge in [0.1, 0.15) is 5.82 Å². The molecule has 0 amide bonds. The van der Waals surface area contributed by atoms with E-state index in [1.54, 1.807) is 6.20 Å². The van der Waals surface area contributed by atoms with Crippen LogP contribution in [0.1, 0.15) is 19.8 Å². The molecule has 1 aromatic heterocycles. The molecule has 0 bridgehead atoms. The number of anilines is 2. The van der Waals surface area contributed by atoms with Gasteiger partial charge in [0, 0.05) is 25.3 Å². The van der Waals surface area contributed by atoms with E-state index in [9.17, 15) is 0 Å². The number of likely N-dealkylation sites (N-methyl/N-ethyl adjacent to an activating group) is 1. The maximum atomic E-state index is 5.29. The van der Waals surface area contributed by atoms with Crippen LogP contribution in [0.4, 0.5) is 11.8 Å². The molecule has 1 heterocycles. The molecular formula is C11H19BrN6. The van der Waals surface area contributed by atoms with Gasteiger partial charge in [-0.3, -0.25) is 10.3 Å². The number of nitrogen functional groups attached to an aromatic ring is 1. The summed E-state index contributed by atoms with van der Waals surface area (Å²) < 4.78 is 0.843. The van der Waals surface area contributed by atoms with E-state index in [0.29, 0.717) is 5.95 Å². The average Bonchev–Trinajstić information content (AvgIpc) is 3.21. The van der Waals surface area contributed by atoms with Crippen molar-refractivity contribution in [3.05, 3.63) is 10.7 Å². The zero-order chi connectivity index (χ0) is 13.0. The number of aromatic nitrogens is 2. The lowest BCUT2D eigenvalue weighted by Crippen LogP contribution is -2.31. The van der Waals surface area contributed by atoms with Gasteiger partial charge in [0.05, 0.1) is 4.47 Å². The summed E-state index contributed by atoms with van der Waals surface area (Å²) in [4.78, 5) is 10.8. The Labute approximate surface area is 115 Å². The van der Waals surface area contributed by atoms with Gasteiger partial charge in [0.2, 0.25) is 5.95 Å². The van der Waals surface area contributed by atoms with Crippen molar-refractivity contribution >= 4 is 27.7 Å². The highest BCUT2D eigenvalue weighted by Crippen LogP contribution is 2.26. The van der Waals surface area contributed by atoms with Crippen molar-refractivity contribution < 1.29 is 0 Å². The highest BCUT2D eigenvalue weighted by molar-refractivity contribution is 9.10. The first kappa shape index (κ1) is 13.5. The number of halogens is 1. The monoisotopic (exact) mass is 314 g/mol. The Morgan fingerprint density at radius 2 is 2.33 bits per heavy atom. The number of nitrogens with zero attached hydrogens (tertiary/aromatic N) is 3. The molecule has 1 aromatic rings. The van der Waals surface area contributed by atoms with Crippen LogP contribution in [0.2, 0.25) is 0 Å². The zero-order valence-corrected chi connectivity index (χ0v) is 12.1. The Morgan fingerprint density at radius 3 is 2.94 bits per heavy atom. The molecule has 2 rings (SSSR count). The normalized spacial score (nSPS) is 14.9. The fourth-order valence-electron chi connectivity index (χ4n) is 1.92. The SMILES string of the molecule is CCN(CCNc1nc(NN)ncc1Br)C1CC1. The summed E-state index contributed by atoms with van der Waals surface area (Å²) in [6.45, 7) is 5.20. The number of hydrazine groups is 1. The van der Waals surface area contributed by atoms with Gasteiger partial charge in [0.15, 0.2) is 0 Å². The molecule has 1 aliphatic carbocycles. The van der Waals surface area contributed by atoms with E-state index >= 15 is 0 Å². The summed E-state index contributed by atoms with van der Waals surface area (Å²) in [6, 6.07) is 0.798. The summed E-state index contributed by atoms with van der Waals surface area (Å²) in [5.41, 5.74) is 2.44. The Morgan fingerprint density at radius 1 is 1.56 bits per heavy atom. The van der Waals surface area contributed by atoms with E-state index in [0.717, 1.165) is 36.0 Å². The van der Waals surface area contributed by atoms with Crippen molar-refractivity contribution in [2.24, 2.45) is 5.84 Å². The molecule has 0 atom stereocenters. The van der Waals surface area contributed by atoms with Gasteiger partial charge < -0.3 is 5.32 Å². The molecule has 0 aliphatic heterocycles. The van der Waals surface area contributed by atoms with Gasteiger partial charge in [0.25, 0.3) is 0 Å². The Kier molecular flexibility index (Phi) is 4.73. The molecule has 6 nitrogen and oxygen atoms in total. The quantitative estimate of drug-likeness (QED) is 0.522. The third-order valence-electron chi connectivity index (χ3n) is 3.03. The van der Waals surface area contributed by atoms with Gasteiger partial charge in [-0.05, 0) is 35.3 Å². The molecule has 100 valence electrons. The molecule has 0 spiro atoms. The van der Waals surface area contributed by atoms with Crippen LogP contribution in [-0.2, 0) is 0 Å². The summed E-state index contributed by atoms with van der Waals surface area (Å²) in [7, 11) is 0. The first-order valence-electron chi connectivity index (χ1n) is 6.21. The van der Waals surface area contributed by atoms with E-state index in [1.165, 1.54) is 12.8 Å². The Hall–Kier alpha value is -0.920. The van der Waals surface area contributed by atoms with Crippen LogP contribution in [0.3, 0.4) is 0 Å². The largest absolute Gasteiger partial charge is 0.368 e. The van der Waals surface area contributed by atoms with Crippen molar-refractivity contribution in [3.8, 4) is 0 Å². The standard InChI is InChI=1S/C11H19BrN6/c1-2-18(8-3-4-8)6-5-14-10-9(12)7-15-11(16-10)17-13/h7-8H,2-6,13H2,1H3,(H2,14,15,16,17). The second-order valence-electron chi connectivity index (χ2n) is 4.32. The predicted octanol–water partition coefficient (Wildman–Crippen LogP) is 1.42. The summed E-state index contributed by atoms with van der Waals surface area (Å²) in [5.74, 6) is 6.47. The predicted molar refractivity (Wildman–Crippen MR) is 76.3 cm³/mol. The molecule has 0 saturated heterocycles. The Balaban J connectivity index is 1.85. The Bertz CT molecular complexity index is 395. The van der Waals surface area contributed by atoms with Crippen LogP contribution in [0.25, 0.3) is 0 Å². The summed E-state index contributed by atoms with van der Waals surface area (Å²) in [5, 5.41) is 3.30. The third kappa shape index (κ3) is 3.54. The van der Waals surface area contributed by atoms with Gasteiger partial charge in [-0.25, -0.2) is 10.8 Å². The van der Waals surface area contributed by atoms with Crippen molar-refractivity contribution in [1.29, 1.82) is 0 Å². The minimum atomic E-state index is 0.412. The van der Waals surface area contributed by atoms with Crippen LogP contribution in [0.5, 0.6) is 0 Å². The van der Waals surface area contributed by atoms with Gasteiger partial charge in [-0.1, -0.05) is 6.92 Å². The molecule has 1 fully saturated rings. The summed E-state index contributed by atoms with van der Waals surface area (Å²) in [6.07, 6.45) is 4.36. The van der Waals surface area contributed by atoms with E-state index in [4.69, 9.17) is 5.84 Å². The average molecular weight is 315 g/mol. The second-order valence-corrected chi connectivity index (χ2v) is 5.18. The highest BCUT2D eigenvalue weighted by Gasteiger charge is 2.27. The maximum Gasteiger partial charge on any atom is 0.239 e. The fourth-order valence-corrected chi connectivity index (χ4v) is 2.25. The van der Waals surface area contributed by atoms with E-state index in [-0.39, 0.29) is 0 Å². The van der Waals surface area contributed by atoms with Crippen LogP contribution in [0, 0.1) is 0 Å². The van der Waals surface area contributed by atoms with Crippen molar-refractivity contribution in [2.75, 3.05) is 30.4 Å². The molecule has 7 heteroatoms. The van der Waals surface area contributed by atoms with E-state index < -0.39 is 0 Å². The topological polar surface area (TPSA) is 79.1 Å². The van der Waals surface area contributed by atoms with E-state index in [2.05, 4.69) is 48.5 Å². The second kappa shape index (κ2) is 6.31. The van der Waals surface area contributed by atoms with Crippen molar-refractivity contribution in [3.63, 3.8) is 0 Å². The van der Waals surface area contributed by atoms with Gasteiger partial charge in [-0.15, -0.1) is 0 Å². The number of hydrogen-bond donors (Lipinski definition) is 3. The minimum Gasteiger partial charge on any atom is -0.368 e. The molecule has 0 radical (unpaired) electrons. The van der Waals surface area contributed by atoms with Crippen LogP contribution < -0.4 is 16.6 Å². The maximum absolute atomic E-state index is 5.29. The lowest BCUT2D eigenvalue weighted by molar-refractivity contribution is 0.289. The molecule has 0 unspecified atom stereocenters. The molecule has 1 aliphatic rings. The van der Waals surface area contributed by atoms with Crippen molar-refractivity contribution in [2.45, 2.75) is 25.8 Å². The lowest BCUT2D eigenvalue weighted by atomic mass is 10.4. The molecule has 0 aromatic carbocycles. The number of rotatable bonds is 7. The molecule has 18 heavy (non-hydrogen) atoms. The number of hydrogen-bond acceptors (Lipinski definition) is 6. The first-order chi connectivity index (χ1) is 8.74. The number of nitrogens with one attached hydrogen (secondary N) is 2. The van der Waals surface area contributed by atoms with E-state index in [1.807, 2.05) is 0 Å². The molecular weight excluding hydrogens is 296 g/mol. The van der Waals surface area contributed by atoms with Crippen molar-refractivity contribution in [1.82, 2.24) is 14.9 Å². The smallest absolute Gasteiger partial charge is 0.239 e. The lowest BCUT2D eigenvalue weighted by Gasteiger charge is -2.20. The van der Waals surface area contributed by atoms with Gasteiger partial charge in [-0.2, -0.15) is 4.98 Å². The zero-order valence-electron chi connectivity index (χ0n) is 10.5.